The summed E-state index contributed by atoms with van der Waals surface area (Å²) < 4.78 is 25.8. The molecule has 3 rings (SSSR count). The van der Waals surface area contributed by atoms with Crippen LogP contribution in [-0.2, 0) is 20.7 Å². The van der Waals surface area contributed by atoms with Crippen molar-refractivity contribution in [3.05, 3.63) is 53.8 Å². The summed E-state index contributed by atoms with van der Waals surface area (Å²) >= 11 is 0. The van der Waals surface area contributed by atoms with Crippen LogP contribution < -0.4 is 5.32 Å². The quantitative estimate of drug-likeness (QED) is 0.533. The van der Waals surface area contributed by atoms with Crippen LogP contribution in [0.3, 0.4) is 0 Å². The van der Waals surface area contributed by atoms with Crippen molar-refractivity contribution in [2.75, 3.05) is 13.1 Å². The molecule has 1 aromatic heterocycles. The molecule has 0 saturated carbocycles. The Morgan fingerprint density at radius 3 is 2.74 bits per heavy atom. The molecule has 2 bridgehead atoms. The molecule has 0 radical (unpaired) electrons. The van der Waals surface area contributed by atoms with E-state index in [9.17, 15) is 23.9 Å². The molecule has 2 aliphatic heterocycles. The SMILES string of the molecule is CC1=C\[C@@H](O)C[C@H](F)Cc2nc(co2)C(=O)N2CCC[C@@H]2C(=O)O[C@H](C(C)C)[C@H](C)/C=C/C(=O)NC/C=C\1. The summed E-state index contributed by atoms with van der Waals surface area (Å²) in [6, 6.07) is -0.768. The summed E-state index contributed by atoms with van der Waals surface area (Å²) in [6.45, 7) is 8.13. The minimum Gasteiger partial charge on any atom is -0.460 e. The lowest BCUT2D eigenvalue weighted by atomic mass is 9.94. The van der Waals surface area contributed by atoms with Crippen molar-refractivity contribution in [3.8, 4) is 0 Å². The van der Waals surface area contributed by atoms with Gasteiger partial charge >= 0.3 is 5.97 Å². The number of oxazole rings is 1. The van der Waals surface area contributed by atoms with E-state index in [0.717, 1.165) is 0 Å². The van der Waals surface area contributed by atoms with Crippen LogP contribution in [0.5, 0.6) is 0 Å². The Bertz CT molecular complexity index is 1080. The number of aliphatic hydroxyl groups is 1. The highest BCUT2D eigenvalue weighted by Gasteiger charge is 2.38. The van der Waals surface area contributed by atoms with Gasteiger partial charge in [0.1, 0.15) is 24.6 Å². The average Bonchev–Trinajstić information content (AvgIpc) is 3.52. The van der Waals surface area contributed by atoms with E-state index in [2.05, 4.69) is 10.3 Å². The first kappa shape index (κ1) is 29.3. The van der Waals surface area contributed by atoms with E-state index in [1.54, 1.807) is 25.2 Å². The van der Waals surface area contributed by atoms with Crippen LogP contribution in [0.1, 0.15) is 63.3 Å². The number of rotatable bonds is 1. The van der Waals surface area contributed by atoms with Crippen LogP contribution in [-0.4, -0.2) is 70.3 Å². The maximum absolute atomic E-state index is 14.6. The minimum absolute atomic E-state index is 0.00515. The lowest BCUT2D eigenvalue weighted by molar-refractivity contribution is -0.158. The predicted octanol–water partition coefficient (Wildman–Crippen LogP) is 3.30. The molecule has 2 aliphatic rings. The average molecular weight is 532 g/mol. The van der Waals surface area contributed by atoms with Crippen molar-refractivity contribution in [3.63, 3.8) is 0 Å². The Morgan fingerprint density at radius 2 is 2.00 bits per heavy atom. The van der Waals surface area contributed by atoms with E-state index in [4.69, 9.17) is 9.15 Å². The first-order chi connectivity index (χ1) is 18.0. The molecule has 1 aromatic rings. The van der Waals surface area contributed by atoms with E-state index in [1.165, 1.54) is 23.3 Å². The third-order valence-corrected chi connectivity index (χ3v) is 6.66. The number of carbonyl (C=O) groups excluding carboxylic acids is 3. The molecule has 9 nitrogen and oxygen atoms in total. The Morgan fingerprint density at radius 1 is 1.24 bits per heavy atom. The Labute approximate surface area is 222 Å². The highest BCUT2D eigenvalue weighted by molar-refractivity contribution is 5.95. The smallest absolute Gasteiger partial charge is 0.329 e. The van der Waals surface area contributed by atoms with Gasteiger partial charge in [0.15, 0.2) is 11.6 Å². The summed E-state index contributed by atoms with van der Waals surface area (Å²) in [5.74, 6) is -1.51. The molecule has 3 heterocycles. The van der Waals surface area contributed by atoms with Gasteiger partial charge in [-0.25, -0.2) is 14.2 Å². The number of hydrogen-bond acceptors (Lipinski definition) is 7. The van der Waals surface area contributed by atoms with Gasteiger partial charge < -0.3 is 24.5 Å². The molecule has 0 aromatic carbocycles. The summed E-state index contributed by atoms with van der Waals surface area (Å²) in [6.07, 6.45) is 7.01. The van der Waals surface area contributed by atoms with E-state index >= 15 is 0 Å². The van der Waals surface area contributed by atoms with Crippen LogP contribution in [0.4, 0.5) is 4.39 Å². The molecule has 0 aliphatic carbocycles. The van der Waals surface area contributed by atoms with E-state index in [-0.39, 0.29) is 48.7 Å². The number of aliphatic hydroxyl groups excluding tert-OH is 1. The first-order valence-electron chi connectivity index (χ1n) is 13.1. The fourth-order valence-electron chi connectivity index (χ4n) is 4.74. The molecule has 1 saturated heterocycles. The molecule has 38 heavy (non-hydrogen) atoms. The van der Waals surface area contributed by atoms with Gasteiger partial charge in [0.25, 0.3) is 5.91 Å². The van der Waals surface area contributed by atoms with Crippen LogP contribution >= 0.6 is 0 Å². The van der Waals surface area contributed by atoms with Gasteiger partial charge in [-0.05, 0) is 31.8 Å². The summed E-state index contributed by atoms with van der Waals surface area (Å²) in [5, 5.41) is 13.0. The fraction of sp³-hybridized carbons (Fsp3) is 0.571. The second kappa shape index (κ2) is 13.5. The number of halogens is 1. The standard InChI is InChI=1S/C28H38FN3O6/c1-17(2)26-19(4)9-10-24(34)30-11-5-7-18(3)13-21(33)14-20(29)15-25-31-22(16-37-25)27(35)32-12-6-8-23(32)28(36)38-26/h5,7,9-10,13,16-17,19-21,23,26,33H,6,8,11-12,14-15H2,1-4H3,(H,30,34)/b7-5-,10-9+,18-13+/t19-,20+,21-,23-,26-/m1/s1. The van der Waals surface area contributed by atoms with Crippen LogP contribution in [0, 0.1) is 11.8 Å². The van der Waals surface area contributed by atoms with Crippen LogP contribution in [0.2, 0.25) is 0 Å². The lowest BCUT2D eigenvalue weighted by Gasteiger charge is -2.29. The van der Waals surface area contributed by atoms with Crippen molar-refractivity contribution >= 4 is 17.8 Å². The molecule has 2 N–H and O–H groups in total. The number of aromatic nitrogens is 1. The number of allylic oxidation sites excluding steroid dienone is 2. The van der Waals surface area contributed by atoms with Crippen LogP contribution in [0.15, 0.2) is 46.6 Å². The largest absolute Gasteiger partial charge is 0.460 e. The van der Waals surface area contributed by atoms with Crippen molar-refractivity contribution in [2.24, 2.45) is 11.8 Å². The molecule has 0 spiro atoms. The summed E-state index contributed by atoms with van der Waals surface area (Å²) in [4.78, 5) is 44.1. The van der Waals surface area contributed by atoms with Gasteiger partial charge in [0, 0.05) is 25.4 Å². The van der Waals surface area contributed by atoms with Gasteiger partial charge in [-0.15, -0.1) is 0 Å². The van der Waals surface area contributed by atoms with E-state index in [0.29, 0.717) is 25.0 Å². The number of amides is 2. The Hall–Kier alpha value is -3.27. The molecule has 1 fully saturated rings. The molecule has 5 atom stereocenters. The van der Waals surface area contributed by atoms with E-state index < -0.39 is 36.3 Å². The third-order valence-electron chi connectivity index (χ3n) is 6.66. The predicted molar refractivity (Wildman–Crippen MR) is 139 cm³/mol. The number of fused-ring (bicyclic) bond motifs is 3. The number of ether oxygens (including phenoxy) is 1. The number of carbonyl (C=O) groups is 3. The van der Waals surface area contributed by atoms with Crippen molar-refractivity contribution in [1.29, 1.82) is 0 Å². The number of nitrogens with one attached hydrogen (secondary N) is 1. The molecule has 0 unspecified atom stereocenters. The fourth-order valence-corrected chi connectivity index (χ4v) is 4.74. The second-order valence-electron chi connectivity index (χ2n) is 10.3. The summed E-state index contributed by atoms with van der Waals surface area (Å²) in [7, 11) is 0. The molecular formula is C28H38FN3O6. The van der Waals surface area contributed by atoms with Crippen molar-refractivity contribution in [2.45, 2.75) is 77.8 Å². The molecule has 208 valence electrons. The first-order valence-corrected chi connectivity index (χ1v) is 13.1. The number of cyclic esters (lactones) is 1. The number of esters is 1. The number of hydrogen-bond donors (Lipinski definition) is 2. The minimum atomic E-state index is -1.45. The zero-order valence-corrected chi connectivity index (χ0v) is 22.4. The van der Waals surface area contributed by atoms with Gasteiger partial charge in [0.05, 0.1) is 12.5 Å². The maximum atomic E-state index is 14.6. The highest BCUT2D eigenvalue weighted by atomic mass is 19.1. The topological polar surface area (TPSA) is 122 Å². The van der Waals surface area contributed by atoms with Gasteiger partial charge in [-0.3, -0.25) is 9.59 Å². The number of nitrogens with zero attached hydrogens (tertiary/aromatic N) is 2. The third kappa shape index (κ3) is 8.11. The monoisotopic (exact) mass is 531 g/mol. The second-order valence-corrected chi connectivity index (χ2v) is 10.3. The zero-order chi connectivity index (χ0) is 27.8. The zero-order valence-electron chi connectivity index (χ0n) is 22.4. The van der Waals surface area contributed by atoms with Gasteiger partial charge in [-0.2, -0.15) is 0 Å². The number of alkyl halides is 1. The molecular weight excluding hydrogens is 493 g/mol. The van der Waals surface area contributed by atoms with Crippen LogP contribution in [0.25, 0.3) is 0 Å². The Balaban J connectivity index is 1.85. The van der Waals surface area contributed by atoms with Gasteiger partial charge in [0.2, 0.25) is 5.91 Å². The normalized spacial score (nSPS) is 31.7. The highest BCUT2D eigenvalue weighted by Crippen LogP contribution is 2.25. The van der Waals surface area contributed by atoms with E-state index in [1.807, 2.05) is 20.8 Å². The van der Waals surface area contributed by atoms with Crippen molar-refractivity contribution in [1.82, 2.24) is 15.2 Å². The summed E-state index contributed by atoms with van der Waals surface area (Å²) in [5.41, 5.74) is 0.710. The lowest BCUT2D eigenvalue weighted by Crippen LogP contribution is -2.44. The molecule has 2 amide bonds. The van der Waals surface area contributed by atoms with Gasteiger partial charge in [-0.1, -0.05) is 50.6 Å². The Kier molecular flexibility index (Phi) is 10.4. The maximum Gasteiger partial charge on any atom is 0.329 e. The van der Waals surface area contributed by atoms with Crippen molar-refractivity contribution < 1.29 is 33.0 Å². The molecule has 10 heteroatoms.